The number of nitrogens with zero attached hydrogens (tertiary/aromatic N) is 2. The van der Waals surface area contributed by atoms with Gasteiger partial charge in [0.1, 0.15) is 12.9 Å². The fourth-order valence-electron chi connectivity index (χ4n) is 0.845. The van der Waals surface area contributed by atoms with Gasteiger partial charge in [-0.15, -0.1) is 0 Å². The van der Waals surface area contributed by atoms with Crippen LogP contribution in [0.15, 0.2) is 21.8 Å². The molecule has 10 heavy (non-hydrogen) atoms. The Bertz CT molecular complexity index is 275. The lowest BCUT2D eigenvalue weighted by Gasteiger charge is -1.97. The highest BCUT2D eigenvalue weighted by molar-refractivity contribution is 6.50. The number of carbonyl (C=O) groups is 1. The normalized spacial score (nSPS) is 21.4. The first kappa shape index (κ1) is 5.34. The second kappa shape index (κ2) is 1.76. The van der Waals surface area contributed by atoms with Crippen molar-refractivity contribution in [2.75, 3.05) is 6.67 Å². The van der Waals surface area contributed by atoms with E-state index in [9.17, 15) is 4.79 Å². The maximum atomic E-state index is 10.7. The molecule has 2 aliphatic rings. The number of hydrogen-bond donors (Lipinski definition) is 0. The zero-order valence-corrected chi connectivity index (χ0v) is 5.07. The topological polar surface area (TPSA) is 51.0 Å². The summed E-state index contributed by atoms with van der Waals surface area (Å²) >= 11 is 0. The van der Waals surface area contributed by atoms with E-state index in [1.807, 2.05) is 0 Å². The van der Waals surface area contributed by atoms with Crippen molar-refractivity contribution >= 4 is 17.9 Å². The summed E-state index contributed by atoms with van der Waals surface area (Å²) < 4.78 is 4.58. The van der Waals surface area contributed by atoms with Crippen molar-refractivity contribution in [2.45, 2.75) is 0 Å². The minimum atomic E-state index is -0.374. The lowest BCUT2D eigenvalue weighted by molar-refractivity contribution is -0.129. The minimum absolute atomic E-state index is 0.335. The fourth-order valence-corrected chi connectivity index (χ4v) is 0.845. The highest BCUT2D eigenvalue weighted by Gasteiger charge is 2.24. The van der Waals surface area contributed by atoms with Gasteiger partial charge in [-0.25, -0.2) is 4.79 Å². The molecule has 0 bridgehead atoms. The van der Waals surface area contributed by atoms with Gasteiger partial charge in [-0.05, 0) is 0 Å². The molecule has 2 heterocycles. The zero-order valence-electron chi connectivity index (χ0n) is 5.07. The minimum Gasteiger partial charge on any atom is -0.429 e. The average molecular weight is 136 g/mol. The Labute approximate surface area is 56.9 Å². The molecule has 50 valence electrons. The van der Waals surface area contributed by atoms with Crippen LogP contribution in [-0.2, 0) is 9.53 Å². The van der Waals surface area contributed by atoms with Crippen molar-refractivity contribution in [1.29, 1.82) is 0 Å². The Morgan fingerprint density at radius 2 is 2.50 bits per heavy atom. The van der Waals surface area contributed by atoms with Crippen molar-refractivity contribution in [3.63, 3.8) is 0 Å². The van der Waals surface area contributed by atoms with Gasteiger partial charge in [0.2, 0.25) is 0 Å². The lowest BCUT2D eigenvalue weighted by Crippen LogP contribution is -2.14. The molecule has 0 saturated heterocycles. The predicted molar refractivity (Wildman–Crippen MR) is 35.0 cm³/mol. The van der Waals surface area contributed by atoms with E-state index in [2.05, 4.69) is 14.7 Å². The van der Waals surface area contributed by atoms with E-state index in [1.165, 1.54) is 6.26 Å². The third kappa shape index (κ3) is 0.586. The molecule has 0 fully saturated rings. The second-order valence-electron chi connectivity index (χ2n) is 1.94. The summed E-state index contributed by atoms with van der Waals surface area (Å²) in [4.78, 5) is 18.4. The quantitative estimate of drug-likeness (QED) is 0.437. The van der Waals surface area contributed by atoms with Gasteiger partial charge < -0.3 is 4.74 Å². The van der Waals surface area contributed by atoms with Crippen LogP contribution in [0.4, 0.5) is 0 Å². The molecule has 0 aromatic carbocycles. The summed E-state index contributed by atoms with van der Waals surface area (Å²) in [5.74, 6) is -0.374. The maximum absolute atomic E-state index is 10.7. The number of hydrogen-bond acceptors (Lipinski definition) is 4. The van der Waals surface area contributed by atoms with Gasteiger partial charge in [-0.1, -0.05) is 0 Å². The van der Waals surface area contributed by atoms with E-state index in [0.717, 1.165) is 0 Å². The van der Waals surface area contributed by atoms with Crippen molar-refractivity contribution in [1.82, 2.24) is 0 Å². The number of ether oxygens (including phenoxy) is 1. The van der Waals surface area contributed by atoms with Crippen LogP contribution in [0.25, 0.3) is 0 Å². The SMILES string of the molecule is O=C1OC=C2C=NCN=C12. The first-order valence-electron chi connectivity index (χ1n) is 2.84. The van der Waals surface area contributed by atoms with Crippen LogP contribution >= 0.6 is 0 Å². The molecule has 2 rings (SSSR count). The smallest absolute Gasteiger partial charge is 0.362 e. The molecular formula is C6H4N2O2. The van der Waals surface area contributed by atoms with Crippen LogP contribution in [0.1, 0.15) is 0 Å². The van der Waals surface area contributed by atoms with Crippen LogP contribution in [0.5, 0.6) is 0 Å². The van der Waals surface area contributed by atoms with E-state index < -0.39 is 0 Å². The number of rotatable bonds is 0. The second-order valence-corrected chi connectivity index (χ2v) is 1.94. The largest absolute Gasteiger partial charge is 0.429 e. The van der Waals surface area contributed by atoms with Crippen LogP contribution in [0.2, 0.25) is 0 Å². The van der Waals surface area contributed by atoms with Gasteiger partial charge in [0.15, 0.2) is 5.71 Å². The Morgan fingerprint density at radius 1 is 1.60 bits per heavy atom. The van der Waals surface area contributed by atoms with Gasteiger partial charge in [-0.2, -0.15) is 0 Å². The van der Waals surface area contributed by atoms with E-state index in [0.29, 0.717) is 18.0 Å². The van der Waals surface area contributed by atoms with E-state index in [-0.39, 0.29) is 5.97 Å². The van der Waals surface area contributed by atoms with E-state index >= 15 is 0 Å². The number of fused-ring (bicyclic) bond motifs is 1. The van der Waals surface area contributed by atoms with Crippen LogP contribution in [0, 0.1) is 0 Å². The summed E-state index contributed by atoms with van der Waals surface area (Å²) in [5, 5.41) is 0. The summed E-state index contributed by atoms with van der Waals surface area (Å²) in [6, 6.07) is 0. The molecule has 0 radical (unpaired) electrons. The predicted octanol–water partition coefficient (Wildman–Crippen LogP) is -0.0900. The highest BCUT2D eigenvalue weighted by Crippen LogP contribution is 2.10. The Hall–Kier alpha value is -1.45. The monoisotopic (exact) mass is 136 g/mol. The Balaban J connectivity index is 2.44. The lowest BCUT2D eigenvalue weighted by atomic mass is 10.2. The van der Waals surface area contributed by atoms with Crippen LogP contribution < -0.4 is 0 Å². The van der Waals surface area contributed by atoms with Gasteiger partial charge in [0, 0.05) is 6.21 Å². The van der Waals surface area contributed by atoms with Gasteiger partial charge in [0.25, 0.3) is 0 Å². The molecule has 2 aliphatic heterocycles. The Morgan fingerprint density at radius 3 is 3.30 bits per heavy atom. The number of aliphatic imine (C=N–C) groups is 2. The molecule has 0 atom stereocenters. The van der Waals surface area contributed by atoms with Gasteiger partial charge in [0.05, 0.1) is 5.57 Å². The first-order chi connectivity index (χ1) is 4.88. The highest BCUT2D eigenvalue weighted by atomic mass is 16.5. The van der Waals surface area contributed by atoms with Gasteiger partial charge in [-0.3, -0.25) is 9.98 Å². The zero-order chi connectivity index (χ0) is 6.97. The molecule has 0 amide bonds. The van der Waals surface area contributed by atoms with E-state index in [1.54, 1.807) is 6.21 Å². The molecule has 0 aromatic heterocycles. The molecule has 0 aliphatic carbocycles. The average Bonchev–Trinajstić information content (AvgIpc) is 2.34. The third-order valence-corrected chi connectivity index (χ3v) is 1.30. The van der Waals surface area contributed by atoms with Crippen LogP contribution in [0.3, 0.4) is 0 Å². The fraction of sp³-hybridized carbons (Fsp3) is 0.167. The van der Waals surface area contributed by atoms with E-state index in [4.69, 9.17) is 0 Å². The molecular weight excluding hydrogens is 132 g/mol. The number of esters is 1. The number of carbonyl (C=O) groups excluding carboxylic acids is 1. The van der Waals surface area contributed by atoms with Gasteiger partial charge >= 0.3 is 5.97 Å². The van der Waals surface area contributed by atoms with Crippen molar-refractivity contribution in [3.8, 4) is 0 Å². The summed E-state index contributed by atoms with van der Waals surface area (Å²) in [6.45, 7) is 0.335. The third-order valence-electron chi connectivity index (χ3n) is 1.30. The maximum Gasteiger partial charge on any atom is 0.362 e. The molecule has 0 saturated carbocycles. The molecule has 0 unspecified atom stereocenters. The van der Waals surface area contributed by atoms with Crippen molar-refractivity contribution in [3.05, 3.63) is 11.8 Å². The Kier molecular flexibility index (Phi) is 0.943. The molecule has 0 N–H and O–H groups in total. The van der Waals surface area contributed by atoms with Crippen molar-refractivity contribution < 1.29 is 9.53 Å². The first-order valence-corrected chi connectivity index (χ1v) is 2.84. The molecule has 0 spiro atoms. The molecule has 0 aromatic rings. The summed E-state index contributed by atoms with van der Waals surface area (Å²) in [5.41, 5.74) is 1.08. The summed E-state index contributed by atoms with van der Waals surface area (Å²) in [6.07, 6.45) is 2.96. The molecule has 4 heteroatoms. The molecule has 4 nitrogen and oxygen atoms in total. The standard InChI is InChI=1S/C6H4N2O2/c9-6-5-4(2-10-6)1-7-3-8-5/h1-2H,3H2. The summed E-state index contributed by atoms with van der Waals surface area (Å²) in [7, 11) is 0. The number of cyclic esters (lactones) is 1. The van der Waals surface area contributed by atoms with Crippen LogP contribution in [-0.4, -0.2) is 24.6 Å². The van der Waals surface area contributed by atoms with Crippen molar-refractivity contribution in [2.24, 2.45) is 9.98 Å².